The molecule has 0 aromatic carbocycles. The fourth-order valence-corrected chi connectivity index (χ4v) is 1.75. The monoisotopic (exact) mass is 201 g/mol. The number of hydrogen-bond acceptors (Lipinski definition) is 5. The number of rotatable bonds is 2. The van der Waals surface area contributed by atoms with Gasteiger partial charge < -0.3 is 19.5 Å². The number of carbonyl (C=O) groups is 1. The zero-order chi connectivity index (χ0) is 9.97. The predicted molar refractivity (Wildman–Crippen MR) is 47.9 cm³/mol. The lowest BCUT2D eigenvalue weighted by Crippen LogP contribution is -2.46. The maximum atomic E-state index is 11.3. The summed E-state index contributed by atoms with van der Waals surface area (Å²) in [6, 6.07) is 0. The average molecular weight is 201 g/mol. The third-order valence-electron chi connectivity index (χ3n) is 2.46. The number of hydrogen-bond donors (Lipinski definition) is 1. The first kappa shape index (κ1) is 9.89. The molecule has 2 heterocycles. The van der Waals surface area contributed by atoms with Gasteiger partial charge in [-0.05, 0) is 6.92 Å². The molecule has 0 amide bonds. The van der Waals surface area contributed by atoms with E-state index in [9.17, 15) is 4.79 Å². The Hall–Kier alpha value is -0.650. The molecule has 2 aliphatic rings. The molecule has 0 aliphatic carbocycles. The van der Waals surface area contributed by atoms with Gasteiger partial charge in [0.25, 0.3) is 0 Å². The third kappa shape index (κ3) is 1.89. The zero-order valence-corrected chi connectivity index (χ0v) is 8.19. The van der Waals surface area contributed by atoms with E-state index in [-0.39, 0.29) is 18.2 Å². The van der Waals surface area contributed by atoms with E-state index in [0.717, 1.165) is 13.1 Å². The van der Waals surface area contributed by atoms with E-state index in [4.69, 9.17) is 14.2 Å². The van der Waals surface area contributed by atoms with Gasteiger partial charge in [0, 0.05) is 13.1 Å². The molecule has 0 spiro atoms. The molecular weight excluding hydrogens is 186 g/mol. The van der Waals surface area contributed by atoms with Gasteiger partial charge in [-0.1, -0.05) is 0 Å². The van der Waals surface area contributed by atoms with Crippen LogP contribution in [0.3, 0.4) is 0 Å². The van der Waals surface area contributed by atoms with Gasteiger partial charge in [-0.25, -0.2) is 4.79 Å². The Bertz CT molecular complexity index is 221. The Morgan fingerprint density at radius 1 is 1.50 bits per heavy atom. The lowest BCUT2D eigenvalue weighted by atomic mass is 10.2. The van der Waals surface area contributed by atoms with Gasteiger partial charge >= 0.3 is 5.97 Å². The molecule has 0 aromatic heterocycles. The zero-order valence-electron chi connectivity index (χ0n) is 8.19. The van der Waals surface area contributed by atoms with Crippen LogP contribution in [0.2, 0.25) is 0 Å². The van der Waals surface area contributed by atoms with Crippen molar-refractivity contribution in [2.24, 2.45) is 0 Å². The van der Waals surface area contributed by atoms with Crippen molar-refractivity contribution >= 4 is 5.97 Å². The molecule has 0 bridgehead atoms. The van der Waals surface area contributed by atoms with Crippen LogP contribution in [-0.2, 0) is 19.0 Å². The highest BCUT2D eigenvalue weighted by atomic mass is 16.6. The number of carbonyl (C=O) groups excluding carboxylic acids is 1. The first-order valence-corrected chi connectivity index (χ1v) is 4.95. The Labute approximate surface area is 82.7 Å². The number of ether oxygens (including phenoxy) is 3. The first-order chi connectivity index (χ1) is 6.81. The number of esters is 1. The predicted octanol–water partition coefficient (Wildman–Crippen LogP) is -0.695. The highest BCUT2D eigenvalue weighted by molar-refractivity contribution is 5.75. The molecular formula is C9H15NO4. The van der Waals surface area contributed by atoms with Crippen molar-refractivity contribution in [3.8, 4) is 0 Å². The van der Waals surface area contributed by atoms with Crippen molar-refractivity contribution in [3.63, 3.8) is 0 Å². The molecule has 2 saturated heterocycles. The minimum Gasteiger partial charge on any atom is -0.464 e. The lowest BCUT2D eigenvalue weighted by molar-refractivity contribution is -0.192. The summed E-state index contributed by atoms with van der Waals surface area (Å²) in [7, 11) is 0. The number of fused-ring (bicyclic) bond motifs is 1. The Morgan fingerprint density at radius 2 is 2.29 bits per heavy atom. The summed E-state index contributed by atoms with van der Waals surface area (Å²) in [6.07, 6.45) is -0.449. The van der Waals surface area contributed by atoms with Crippen LogP contribution in [0, 0.1) is 0 Å². The van der Waals surface area contributed by atoms with Crippen molar-refractivity contribution < 1.29 is 19.0 Å². The van der Waals surface area contributed by atoms with Crippen LogP contribution >= 0.6 is 0 Å². The van der Waals surface area contributed by atoms with Crippen molar-refractivity contribution in [2.75, 3.05) is 26.3 Å². The minimum atomic E-state index is -0.545. The fraction of sp³-hybridized carbons (Fsp3) is 0.889. The smallest absolute Gasteiger partial charge is 0.337 e. The third-order valence-corrected chi connectivity index (χ3v) is 2.46. The standard InChI is InChI=1S/C9H15NO4/c1-2-12-9(11)8-5-13-6-3-10-4-7(6)14-8/h6-8,10H,2-5H2,1H3. The van der Waals surface area contributed by atoms with E-state index in [0.29, 0.717) is 13.2 Å². The topological polar surface area (TPSA) is 56.8 Å². The molecule has 3 atom stereocenters. The summed E-state index contributed by atoms with van der Waals surface area (Å²) in [5.74, 6) is -0.321. The second-order valence-electron chi connectivity index (χ2n) is 3.45. The Balaban J connectivity index is 1.87. The maximum absolute atomic E-state index is 11.3. The second kappa shape index (κ2) is 4.25. The summed E-state index contributed by atoms with van der Waals surface area (Å²) in [5, 5.41) is 3.15. The highest BCUT2D eigenvalue weighted by Gasteiger charge is 2.38. The second-order valence-corrected chi connectivity index (χ2v) is 3.45. The molecule has 14 heavy (non-hydrogen) atoms. The summed E-state index contributed by atoms with van der Waals surface area (Å²) in [6.45, 7) is 4.02. The van der Waals surface area contributed by atoms with Gasteiger partial charge in [0.1, 0.15) is 0 Å². The summed E-state index contributed by atoms with van der Waals surface area (Å²) >= 11 is 0. The van der Waals surface area contributed by atoms with E-state index in [2.05, 4.69) is 5.32 Å². The van der Waals surface area contributed by atoms with Gasteiger partial charge in [-0.15, -0.1) is 0 Å². The van der Waals surface area contributed by atoms with Gasteiger partial charge in [-0.3, -0.25) is 0 Å². The minimum absolute atomic E-state index is 0.00171. The normalized spacial score (nSPS) is 36.5. The van der Waals surface area contributed by atoms with E-state index < -0.39 is 6.10 Å². The average Bonchev–Trinajstić information content (AvgIpc) is 2.64. The molecule has 3 unspecified atom stereocenters. The van der Waals surface area contributed by atoms with E-state index in [1.807, 2.05) is 0 Å². The Kier molecular flexibility index (Phi) is 3.00. The molecule has 2 aliphatic heterocycles. The SMILES string of the molecule is CCOC(=O)C1COC2CNCC2O1. The van der Waals surface area contributed by atoms with Crippen molar-refractivity contribution in [1.82, 2.24) is 5.32 Å². The molecule has 0 saturated carbocycles. The van der Waals surface area contributed by atoms with Gasteiger partial charge in [-0.2, -0.15) is 0 Å². The van der Waals surface area contributed by atoms with Crippen LogP contribution in [0.4, 0.5) is 0 Å². The van der Waals surface area contributed by atoms with Crippen LogP contribution in [0.5, 0.6) is 0 Å². The summed E-state index contributed by atoms with van der Waals surface area (Å²) < 4.78 is 15.9. The molecule has 80 valence electrons. The van der Waals surface area contributed by atoms with Crippen molar-refractivity contribution in [2.45, 2.75) is 25.2 Å². The first-order valence-electron chi connectivity index (χ1n) is 4.95. The van der Waals surface area contributed by atoms with Crippen LogP contribution in [-0.4, -0.2) is 50.6 Å². The molecule has 0 radical (unpaired) electrons. The van der Waals surface area contributed by atoms with E-state index in [1.54, 1.807) is 6.92 Å². The van der Waals surface area contributed by atoms with E-state index >= 15 is 0 Å². The molecule has 2 fully saturated rings. The van der Waals surface area contributed by atoms with Crippen molar-refractivity contribution in [1.29, 1.82) is 0 Å². The van der Waals surface area contributed by atoms with Crippen LogP contribution in [0.15, 0.2) is 0 Å². The Morgan fingerprint density at radius 3 is 3.07 bits per heavy atom. The van der Waals surface area contributed by atoms with Crippen LogP contribution in [0.25, 0.3) is 0 Å². The maximum Gasteiger partial charge on any atom is 0.337 e. The van der Waals surface area contributed by atoms with Gasteiger partial charge in [0.2, 0.25) is 0 Å². The van der Waals surface area contributed by atoms with Crippen LogP contribution < -0.4 is 5.32 Å². The number of nitrogens with one attached hydrogen (secondary N) is 1. The molecule has 1 N–H and O–H groups in total. The molecule has 0 aromatic rings. The molecule has 2 rings (SSSR count). The lowest BCUT2D eigenvalue weighted by Gasteiger charge is -2.30. The summed E-state index contributed by atoms with van der Waals surface area (Å²) in [5.41, 5.74) is 0. The van der Waals surface area contributed by atoms with Gasteiger partial charge in [0.05, 0.1) is 25.4 Å². The summed E-state index contributed by atoms with van der Waals surface area (Å²) in [4.78, 5) is 11.3. The van der Waals surface area contributed by atoms with Gasteiger partial charge in [0.15, 0.2) is 6.10 Å². The van der Waals surface area contributed by atoms with Crippen LogP contribution in [0.1, 0.15) is 6.92 Å². The van der Waals surface area contributed by atoms with E-state index in [1.165, 1.54) is 0 Å². The van der Waals surface area contributed by atoms with Crippen molar-refractivity contribution in [3.05, 3.63) is 0 Å². The fourth-order valence-electron chi connectivity index (χ4n) is 1.75. The molecule has 5 nitrogen and oxygen atoms in total. The largest absolute Gasteiger partial charge is 0.464 e. The molecule has 5 heteroatoms. The highest BCUT2D eigenvalue weighted by Crippen LogP contribution is 2.18. The quantitative estimate of drug-likeness (QED) is 0.599.